The van der Waals surface area contributed by atoms with E-state index in [4.69, 9.17) is 5.11 Å². The number of hydrogen-bond acceptors (Lipinski definition) is 4. The lowest BCUT2D eigenvalue weighted by atomic mass is 10.2. The molecule has 0 aromatic carbocycles. The number of hydrogen-bond donors (Lipinski definition) is 2. The largest absolute Gasteiger partial charge is 0.391 e. The molecule has 1 aromatic heterocycles. The van der Waals surface area contributed by atoms with Gasteiger partial charge in [-0.1, -0.05) is 6.42 Å². The van der Waals surface area contributed by atoms with Crippen LogP contribution in [-0.4, -0.2) is 70.2 Å². The highest BCUT2D eigenvalue weighted by molar-refractivity contribution is 7.89. The highest BCUT2D eigenvalue weighted by Crippen LogP contribution is 2.20. The van der Waals surface area contributed by atoms with Gasteiger partial charge in [0, 0.05) is 19.2 Å². The Kier molecular flexibility index (Phi) is 5.70. The predicted molar refractivity (Wildman–Crippen MR) is 90.5 cm³/mol. The van der Waals surface area contributed by atoms with Crippen LogP contribution in [0.2, 0.25) is 0 Å². The lowest BCUT2D eigenvalue weighted by Gasteiger charge is -2.28. The first kappa shape index (κ1) is 17.6. The normalized spacial score (nSPS) is 21.1. The van der Waals surface area contributed by atoms with Crippen molar-refractivity contribution in [2.45, 2.75) is 24.2 Å². The molecule has 24 heavy (non-hydrogen) atoms. The number of anilines is 1. The van der Waals surface area contributed by atoms with E-state index >= 15 is 0 Å². The van der Waals surface area contributed by atoms with E-state index in [9.17, 15) is 8.42 Å². The maximum atomic E-state index is 12.7. The van der Waals surface area contributed by atoms with Gasteiger partial charge in [-0.05, 0) is 18.9 Å². The van der Waals surface area contributed by atoms with Crippen LogP contribution in [0, 0.1) is 0 Å². The number of quaternary nitrogens is 1. The first-order valence-electron chi connectivity index (χ1n) is 8.82. The van der Waals surface area contributed by atoms with Gasteiger partial charge in [0.05, 0.1) is 6.61 Å². The number of rotatable bonds is 5. The van der Waals surface area contributed by atoms with Crippen molar-refractivity contribution in [3.05, 3.63) is 18.3 Å². The molecule has 0 radical (unpaired) electrons. The molecule has 3 rings (SSSR count). The highest BCUT2D eigenvalue weighted by atomic mass is 32.2. The number of piperazine rings is 1. The fraction of sp³-hybridized carbons (Fsp3) is 0.688. The van der Waals surface area contributed by atoms with E-state index in [0.717, 1.165) is 57.8 Å². The second-order valence-electron chi connectivity index (χ2n) is 6.59. The van der Waals surface area contributed by atoms with Crippen molar-refractivity contribution in [2.75, 3.05) is 57.3 Å². The maximum absolute atomic E-state index is 12.7. The van der Waals surface area contributed by atoms with E-state index in [-0.39, 0.29) is 6.61 Å². The predicted octanol–water partition coefficient (Wildman–Crippen LogP) is -1.63. The van der Waals surface area contributed by atoms with Gasteiger partial charge < -0.3 is 10.0 Å². The van der Waals surface area contributed by atoms with Crippen LogP contribution in [0.15, 0.2) is 23.2 Å². The van der Waals surface area contributed by atoms with Gasteiger partial charge in [-0.2, -0.15) is 4.31 Å². The number of nitrogens with one attached hydrogen (secondary N) is 2. The van der Waals surface area contributed by atoms with Crippen molar-refractivity contribution in [3.8, 4) is 0 Å². The molecule has 0 aliphatic carbocycles. The zero-order valence-electron chi connectivity index (χ0n) is 14.1. The van der Waals surface area contributed by atoms with Crippen LogP contribution in [-0.2, 0) is 10.0 Å². The molecule has 3 heterocycles. The fourth-order valence-electron chi connectivity index (χ4n) is 3.49. The van der Waals surface area contributed by atoms with Crippen LogP contribution in [0.3, 0.4) is 0 Å². The van der Waals surface area contributed by atoms with E-state index in [1.54, 1.807) is 16.6 Å². The molecule has 0 atom stereocenters. The van der Waals surface area contributed by atoms with Crippen LogP contribution in [0.4, 0.5) is 5.82 Å². The summed E-state index contributed by atoms with van der Waals surface area (Å²) in [6, 6.07) is 3.58. The third-order valence-electron chi connectivity index (χ3n) is 5.00. The van der Waals surface area contributed by atoms with Gasteiger partial charge in [0.2, 0.25) is 10.0 Å². The van der Waals surface area contributed by atoms with Gasteiger partial charge in [-0.3, -0.25) is 4.90 Å². The number of sulfonamides is 1. The Balaban J connectivity index is 1.65. The van der Waals surface area contributed by atoms with Gasteiger partial charge in [0.15, 0.2) is 0 Å². The van der Waals surface area contributed by atoms with Gasteiger partial charge in [0.1, 0.15) is 43.8 Å². The minimum atomic E-state index is -3.37. The van der Waals surface area contributed by atoms with Crippen LogP contribution in [0.25, 0.3) is 0 Å². The fourth-order valence-corrected chi connectivity index (χ4v) is 4.97. The van der Waals surface area contributed by atoms with Crippen LogP contribution in [0.5, 0.6) is 0 Å². The third kappa shape index (κ3) is 3.88. The zero-order chi connectivity index (χ0) is 17.0. The number of aromatic amines is 1. The second-order valence-corrected chi connectivity index (χ2v) is 8.52. The van der Waals surface area contributed by atoms with Gasteiger partial charge >= 0.3 is 0 Å². The molecule has 0 bridgehead atoms. The molecule has 2 aliphatic heterocycles. The Morgan fingerprint density at radius 2 is 1.79 bits per heavy atom. The molecule has 2 aliphatic rings. The molecule has 0 spiro atoms. The van der Waals surface area contributed by atoms with Crippen molar-refractivity contribution in [2.24, 2.45) is 0 Å². The molecule has 0 unspecified atom stereocenters. The summed E-state index contributed by atoms with van der Waals surface area (Å²) in [6.07, 6.45) is 4.62. The third-order valence-corrected chi connectivity index (χ3v) is 6.89. The lowest BCUT2D eigenvalue weighted by molar-refractivity contribution is -0.901. The number of nitrogens with zero attached hydrogens (tertiary/aromatic N) is 2. The smallest absolute Gasteiger partial charge is 0.274 e. The van der Waals surface area contributed by atoms with Crippen molar-refractivity contribution in [1.82, 2.24) is 4.31 Å². The Hall–Kier alpha value is -1.22. The minimum Gasteiger partial charge on any atom is -0.391 e. The Morgan fingerprint density at radius 3 is 2.38 bits per heavy atom. The molecule has 2 fully saturated rings. The quantitative estimate of drug-likeness (QED) is 0.664. The molecule has 134 valence electrons. The monoisotopic (exact) mass is 356 g/mol. The first-order valence-corrected chi connectivity index (χ1v) is 10.3. The Labute approximate surface area is 143 Å². The summed E-state index contributed by atoms with van der Waals surface area (Å²) in [5, 5.41) is 9.01. The van der Waals surface area contributed by atoms with Crippen LogP contribution >= 0.6 is 0 Å². The van der Waals surface area contributed by atoms with E-state index in [0.29, 0.717) is 18.0 Å². The van der Waals surface area contributed by atoms with Gasteiger partial charge in [-0.15, -0.1) is 0 Å². The SMILES string of the molecule is O=S(=O)(c1ccc(N2CC[NH+](CCO)CC2)[nH+]c1)N1CCCCC1. The second kappa shape index (κ2) is 7.77. The van der Waals surface area contributed by atoms with Crippen LogP contribution in [0.1, 0.15) is 19.3 Å². The number of aliphatic hydroxyl groups excluding tert-OH is 1. The molecule has 8 heteroatoms. The molecule has 0 amide bonds. The molecule has 3 N–H and O–H groups in total. The molecule has 0 saturated carbocycles. The molecule has 7 nitrogen and oxygen atoms in total. The number of pyridine rings is 1. The van der Waals surface area contributed by atoms with E-state index in [1.807, 2.05) is 6.07 Å². The Morgan fingerprint density at radius 1 is 1.08 bits per heavy atom. The summed E-state index contributed by atoms with van der Waals surface area (Å²) in [6.45, 7) is 6.06. The number of piperidine rings is 1. The first-order chi connectivity index (χ1) is 11.6. The number of aromatic nitrogens is 1. The van der Waals surface area contributed by atoms with Crippen LogP contribution < -0.4 is 14.8 Å². The van der Waals surface area contributed by atoms with Crippen molar-refractivity contribution < 1.29 is 23.4 Å². The summed E-state index contributed by atoms with van der Waals surface area (Å²) in [5.41, 5.74) is 0. The average molecular weight is 356 g/mol. The van der Waals surface area contributed by atoms with Gasteiger partial charge in [-0.25, -0.2) is 13.4 Å². The summed E-state index contributed by atoms with van der Waals surface area (Å²) in [7, 11) is -3.37. The lowest BCUT2D eigenvalue weighted by Crippen LogP contribution is -3.15. The summed E-state index contributed by atoms with van der Waals surface area (Å²) >= 11 is 0. The molecular formula is C16H28N4O3S+2. The van der Waals surface area contributed by atoms with Gasteiger partial charge in [0.25, 0.3) is 5.82 Å². The van der Waals surface area contributed by atoms with E-state index < -0.39 is 10.0 Å². The zero-order valence-corrected chi connectivity index (χ0v) is 14.9. The molecule has 1 aromatic rings. The number of H-pyrrole nitrogens is 1. The minimum absolute atomic E-state index is 0.227. The topological polar surface area (TPSA) is 79.4 Å². The van der Waals surface area contributed by atoms with Crippen molar-refractivity contribution >= 4 is 15.8 Å². The summed E-state index contributed by atoms with van der Waals surface area (Å²) in [5.74, 6) is 0.954. The number of aliphatic hydroxyl groups is 1. The molecular weight excluding hydrogens is 328 g/mol. The molecule has 2 saturated heterocycles. The average Bonchev–Trinajstić information content (AvgIpc) is 2.63. The summed E-state index contributed by atoms with van der Waals surface area (Å²) < 4.78 is 26.9. The maximum Gasteiger partial charge on any atom is 0.274 e. The van der Waals surface area contributed by atoms with E-state index in [1.165, 1.54) is 4.90 Å². The summed E-state index contributed by atoms with van der Waals surface area (Å²) in [4.78, 5) is 7.15. The van der Waals surface area contributed by atoms with E-state index in [2.05, 4.69) is 9.88 Å². The Bertz CT molecular complexity index is 621. The standard InChI is InChI=1S/C16H26N4O3S/c21-13-12-18-8-10-19(11-9-18)16-5-4-15(14-17-16)24(22,23)20-6-2-1-3-7-20/h4-5,14,21H,1-3,6-13H2/p+2. The van der Waals surface area contributed by atoms with Crippen molar-refractivity contribution in [1.29, 1.82) is 0 Å². The highest BCUT2D eigenvalue weighted by Gasteiger charge is 2.29. The van der Waals surface area contributed by atoms with Crippen molar-refractivity contribution in [3.63, 3.8) is 0 Å².